The number of carbonyl (C=O) groups is 2. The van der Waals surface area contributed by atoms with Gasteiger partial charge in [0, 0.05) is 12.1 Å². The van der Waals surface area contributed by atoms with Crippen molar-refractivity contribution >= 4 is 23.0 Å². The lowest BCUT2D eigenvalue weighted by Gasteiger charge is -2.16. The Morgan fingerprint density at radius 2 is 1.57 bits per heavy atom. The minimum atomic E-state index is -5.08. The summed E-state index contributed by atoms with van der Waals surface area (Å²) in [6.45, 7) is 9.15. The fourth-order valence-electron chi connectivity index (χ4n) is 4.54. The molecule has 0 aliphatic heterocycles. The first-order valence-electron chi connectivity index (χ1n) is 13.8. The Morgan fingerprint density at radius 3 is 2.17 bits per heavy atom. The second kappa shape index (κ2) is 14.0. The van der Waals surface area contributed by atoms with Gasteiger partial charge in [-0.05, 0) is 73.2 Å². The lowest BCUT2D eigenvalue weighted by molar-refractivity contribution is -0.192. The van der Waals surface area contributed by atoms with Crippen molar-refractivity contribution < 1.29 is 37.7 Å². The van der Waals surface area contributed by atoms with Crippen molar-refractivity contribution in [3.63, 3.8) is 0 Å². The molecule has 7 nitrogen and oxygen atoms in total. The van der Waals surface area contributed by atoms with Gasteiger partial charge in [0.2, 0.25) is 0 Å². The zero-order chi connectivity index (χ0) is 31.0. The van der Waals surface area contributed by atoms with Crippen LogP contribution >= 0.6 is 0 Å². The summed E-state index contributed by atoms with van der Waals surface area (Å²) >= 11 is 0. The third-order valence-corrected chi connectivity index (χ3v) is 6.71. The quantitative estimate of drug-likeness (QED) is 0.182. The number of unbranched alkanes of at least 4 members (excludes halogenated alkanes) is 2. The number of hydrogen-bond acceptors (Lipinski definition) is 4. The first-order chi connectivity index (χ1) is 19.9. The van der Waals surface area contributed by atoms with Gasteiger partial charge in [-0.15, -0.1) is 0 Å². The van der Waals surface area contributed by atoms with Crippen LogP contribution in [0.5, 0.6) is 5.75 Å². The zero-order valence-corrected chi connectivity index (χ0v) is 24.1. The minimum Gasteiger partial charge on any atom is -0.491 e. The van der Waals surface area contributed by atoms with Crippen molar-refractivity contribution in [1.29, 1.82) is 0 Å². The highest BCUT2D eigenvalue weighted by atomic mass is 19.4. The van der Waals surface area contributed by atoms with Gasteiger partial charge in [-0.1, -0.05) is 57.0 Å². The maximum atomic E-state index is 11.8. The summed E-state index contributed by atoms with van der Waals surface area (Å²) in [6.07, 6.45) is 0.0164. The molecular formula is C32H35F3N2O5. The zero-order valence-electron chi connectivity index (χ0n) is 24.1. The van der Waals surface area contributed by atoms with E-state index in [1.807, 2.05) is 25.1 Å². The van der Waals surface area contributed by atoms with E-state index in [9.17, 15) is 23.1 Å². The number of halogens is 3. The largest absolute Gasteiger partial charge is 0.491 e. The monoisotopic (exact) mass is 584 g/mol. The van der Waals surface area contributed by atoms with Gasteiger partial charge in [-0.3, -0.25) is 4.57 Å². The smallest absolute Gasteiger partial charge is 0.490 e. The number of ether oxygens (including phenoxy) is 1. The van der Waals surface area contributed by atoms with Crippen molar-refractivity contribution in [3.8, 4) is 22.6 Å². The van der Waals surface area contributed by atoms with Crippen LogP contribution in [0.2, 0.25) is 0 Å². The van der Waals surface area contributed by atoms with Crippen molar-refractivity contribution in [3.05, 3.63) is 77.1 Å². The molecule has 0 spiro atoms. The van der Waals surface area contributed by atoms with Crippen LogP contribution in [0, 0.1) is 13.8 Å². The Labute approximate surface area is 242 Å². The Morgan fingerprint density at radius 1 is 0.905 bits per heavy atom. The summed E-state index contributed by atoms with van der Waals surface area (Å²) in [4.78, 5) is 25.8. The molecule has 3 aromatic carbocycles. The molecule has 0 atom stereocenters. The second-order valence-electron chi connectivity index (χ2n) is 9.90. The molecule has 0 aliphatic rings. The number of benzene rings is 3. The topological polar surface area (TPSA) is 102 Å². The third-order valence-electron chi connectivity index (χ3n) is 6.71. The van der Waals surface area contributed by atoms with Crippen LogP contribution in [-0.4, -0.2) is 44.5 Å². The van der Waals surface area contributed by atoms with E-state index >= 15 is 0 Å². The highest BCUT2D eigenvalue weighted by Gasteiger charge is 2.38. The molecule has 2 N–H and O–H groups in total. The molecular weight excluding hydrogens is 549 g/mol. The number of aryl methyl sites for hydroxylation is 3. The average molecular weight is 585 g/mol. The van der Waals surface area contributed by atoms with Crippen LogP contribution in [0.25, 0.3) is 27.8 Å². The number of fused-ring (bicyclic) bond motifs is 1. The predicted octanol–water partition coefficient (Wildman–Crippen LogP) is 8.16. The van der Waals surface area contributed by atoms with Crippen LogP contribution in [0.3, 0.4) is 0 Å². The van der Waals surface area contributed by atoms with Gasteiger partial charge in [0.1, 0.15) is 17.1 Å². The number of alkyl halides is 3. The lowest BCUT2D eigenvalue weighted by atomic mass is 9.95. The van der Waals surface area contributed by atoms with E-state index in [0.29, 0.717) is 12.2 Å². The van der Waals surface area contributed by atoms with Crippen LogP contribution in [0.4, 0.5) is 13.2 Å². The summed E-state index contributed by atoms with van der Waals surface area (Å²) < 4.78 is 40.2. The molecule has 4 aromatic rings. The molecule has 0 saturated heterocycles. The number of nitrogens with zero attached hydrogens (tertiary/aromatic N) is 2. The van der Waals surface area contributed by atoms with Crippen LogP contribution in [0.1, 0.15) is 66.8 Å². The number of carboxylic acids is 2. The fourth-order valence-corrected chi connectivity index (χ4v) is 4.54. The number of aromatic carboxylic acids is 1. The van der Waals surface area contributed by atoms with E-state index in [1.54, 1.807) is 12.1 Å². The number of aromatic nitrogens is 2. The minimum absolute atomic E-state index is 0.308. The molecule has 0 amide bonds. The Bertz CT molecular complexity index is 1560. The van der Waals surface area contributed by atoms with Gasteiger partial charge < -0.3 is 14.9 Å². The lowest BCUT2D eigenvalue weighted by Crippen LogP contribution is -2.21. The molecule has 0 saturated carbocycles. The maximum Gasteiger partial charge on any atom is 0.490 e. The van der Waals surface area contributed by atoms with E-state index in [1.165, 1.54) is 0 Å². The van der Waals surface area contributed by atoms with Gasteiger partial charge in [0.15, 0.2) is 0 Å². The molecule has 0 bridgehead atoms. The van der Waals surface area contributed by atoms with Crippen LogP contribution < -0.4 is 4.74 Å². The normalized spacial score (nSPS) is 11.2. The van der Waals surface area contributed by atoms with Crippen molar-refractivity contribution in [2.45, 2.75) is 66.0 Å². The molecule has 0 radical (unpaired) electrons. The fraction of sp³-hybridized carbons (Fsp3) is 0.344. The summed E-state index contributed by atoms with van der Waals surface area (Å²) in [6, 6.07) is 17.5. The molecule has 224 valence electrons. The maximum absolute atomic E-state index is 11.8. The van der Waals surface area contributed by atoms with Crippen molar-refractivity contribution in [2.24, 2.45) is 0 Å². The molecule has 1 aromatic heterocycles. The van der Waals surface area contributed by atoms with Gasteiger partial charge in [-0.25, -0.2) is 14.6 Å². The standard InChI is InChI=1S/C30H34N2O3.C2HF3O2/c1-5-7-13-27-31-28-20(3)14-17-26(35-18-8-6-2)29(28)32(27)22-15-16-23(21(4)19-22)24-11-9-10-12-25(24)30(33)34;3-2(4,5)1(6)7/h9-12,14-17,19H,5-8,13,18H2,1-4H3,(H,33,34);(H,6,7). The second-order valence-corrected chi connectivity index (χ2v) is 9.90. The molecule has 0 unspecified atom stereocenters. The first-order valence-corrected chi connectivity index (χ1v) is 13.8. The third kappa shape index (κ3) is 7.48. The Balaban J connectivity index is 0.000000616. The number of rotatable bonds is 10. The summed E-state index contributed by atoms with van der Waals surface area (Å²) in [5.74, 6) is -1.80. The summed E-state index contributed by atoms with van der Waals surface area (Å²) in [5.41, 5.74) is 7.09. The van der Waals surface area contributed by atoms with Crippen molar-refractivity contribution in [2.75, 3.05) is 6.61 Å². The van der Waals surface area contributed by atoms with E-state index in [2.05, 4.69) is 49.6 Å². The Kier molecular flexibility index (Phi) is 10.7. The van der Waals surface area contributed by atoms with Crippen LogP contribution in [-0.2, 0) is 11.2 Å². The van der Waals surface area contributed by atoms with Gasteiger partial charge in [0.25, 0.3) is 0 Å². The van der Waals surface area contributed by atoms with Gasteiger partial charge in [0.05, 0.1) is 17.7 Å². The van der Waals surface area contributed by atoms with Gasteiger partial charge >= 0.3 is 18.1 Å². The number of aliphatic carboxylic acids is 1. The molecule has 0 aliphatic carbocycles. The molecule has 4 rings (SSSR count). The first kappa shape index (κ1) is 32.2. The van der Waals surface area contributed by atoms with Crippen LogP contribution in [0.15, 0.2) is 54.6 Å². The molecule has 10 heteroatoms. The average Bonchev–Trinajstić information content (AvgIpc) is 3.33. The van der Waals surface area contributed by atoms with E-state index < -0.39 is 18.1 Å². The number of imidazole rings is 1. The van der Waals surface area contributed by atoms with Gasteiger partial charge in [-0.2, -0.15) is 13.2 Å². The van der Waals surface area contributed by atoms with E-state index in [4.69, 9.17) is 19.6 Å². The number of hydrogen-bond donors (Lipinski definition) is 2. The number of carboxylic acid groups (broad SMARTS) is 2. The molecule has 42 heavy (non-hydrogen) atoms. The Hall–Kier alpha value is -4.34. The predicted molar refractivity (Wildman–Crippen MR) is 156 cm³/mol. The molecule has 1 heterocycles. The van der Waals surface area contributed by atoms with E-state index in [-0.39, 0.29) is 0 Å². The highest BCUT2D eigenvalue weighted by Crippen LogP contribution is 2.35. The SMILES string of the molecule is CCCCOc1ccc(C)c2nc(CCCC)n(-c3ccc(-c4ccccc4C(=O)O)c(C)c3)c12.O=C(O)C(F)(F)F. The summed E-state index contributed by atoms with van der Waals surface area (Å²) in [5, 5.41) is 16.8. The highest BCUT2D eigenvalue weighted by molar-refractivity contribution is 5.96. The summed E-state index contributed by atoms with van der Waals surface area (Å²) in [7, 11) is 0. The van der Waals surface area contributed by atoms with Crippen molar-refractivity contribution in [1.82, 2.24) is 9.55 Å². The van der Waals surface area contributed by atoms with E-state index in [0.717, 1.165) is 82.7 Å². The molecule has 0 fully saturated rings.